The standard InChI is InChI=1S/C10H6Cl2N6/c11-8-2-1-7(3-9(8)12)18-5-6(4-13-18)10-14-16-17-15-10/h1-5H,(H,14,15,16,17). The first kappa shape index (κ1) is 11.2. The normalized spacial score (nSPS) is 10.8. The molecule has 0 spiro atoms. The number of benzene rings is 1. The highest BCUT2D eigenvalue weighted by molar-refractivity contribution is 6.42. The second-order valence-corrected chi connectivity index (χ2v) is 4.32. The lowest BCUT2D eigenvalue weighted by atomic mass is 10.3. The van der Waals surface area contributed by atoms with Crippen molar-refractivity contribution in [3.05, 3.63) is 40.6 Å². The van der Waals surface area contributed by atoms with Crippen molar-refractivity contribution >= 4 is 23.2 Å². The van der Waals surface area contributed by atoms with Gasteiger partial charge in [-0.1, -0.05) is 23.2 Å². The van der Waals surface area contributed by atoms with Gasteiger partial charge in [0.2, 0.25) is 5.82 Å². The molecule has 0 amide bonds. The summed E-state index contributed by atoms with van der Waals surface area (Å²) in [6.45, 7) is 0. The molecular weight excluding hydrogens is 275 g/mol. The lowest BCUT2D eigenvalue weighted by Gasteiger charge is -2.02. The van der Waals surface area contributed by atoms with Gasteiger partial charge in [-0.3, -0.25) is 0 Å². The van der Waals surface area contributed by atoms with E-state index in [-0.39, 0.29) is 0 Å². The van der Waals surface area contributed by atoms with Crippen molar-refractivity contribution in [2.24, 2.45) is 0 Å². The van der Waals surface area contributed by atoms with Crippen LogP contribution < -0.4 is 0 Å². The highest BCUT2D eigenvalue weighted by Crippen LogP contribution is 2.24. The van der Waals surface area contributed by atoms with E-state index in [0.717, 1.165) is 11.3 Å². The van der Waals surface area contributed by atoms with E-state index in [0.29, 0.717) is 15.9 Å². The fourth-order valence-electron chi connectivity index (χ4n) is 1.49. The van der Waals surface area contributed by atoms with E-state index in [4.69, 9.17) is 23.2 Å². The molecule has 0 fully saturated rings. The molecular formula is C10H6Cl2N6. The zero-order valence-corrected chi connectivity index (χ0v) is 10.4. The van der Waals surface area contributed by atoms with Crippen molar-refractivity contribution < 1.29 is 0 Å². The number of rotatable bonds is 2. The highest BCUT2D eigenvalue weighted by atomic mass is 35.5. The Hall–Kier alpha value is -1.92. The first-order valence-electron chi connectivity index (χ1n) is 4.98. The van der Waals surface area contributed by atoms with Crippen LogP contribution in [0.3, 0.4) is 0 Å². The minimum absolute atomic E-state index is 0.478. The SMILES string of the molecule is Clc1ccc(-n2cc(-c3nn[nH]n3)cn2)cc1Cl. The van der Waals surface area contributed by atoms with Gasteiger partial charge >= 0.3 is 0 Å². The van der Waals surface area contributed by atoms with Gasteiger partial charge in [-0.25, -0.2) is 4.68 Å². The molecule has 1 aromatic carbocycles. The molecule has 1 N–H and O–H groups in total. The van der Waals surface area contributed by atoms with Crippen LogP contribution in [0, 0.1) is 0 Å². The van der Waals surface area contributed by atoms with E-state index in [9.17, 15) is 0 Å². The number of nitrogens with zero attached hydrogens (tertiary/aromatic N) is 5. The third kappa shape index (κ3) is 1.96. The van der Waals surface area contributed by atoms with Gasteiger partial charge in [-0.05, 0) is 23.4 Å². The molecule has 0 saturated heterocycles. The Morgan fingerprint density at radius 3 is 2.78 bits per heavy atom. The van der Waals surface area contributed by atoms with E-state index >= 15 is 0 Å². The maximum absolute atomic E-state index is 5.96. The van der Waals surface area contributed by atoms with Crippen LogP contribution in [0.2, 0.25) is 10.0 Å². The van der Waals surface area contributed by atoms with Crippen molar-refractivity contribution in [3.63, 3.8) is 0 Å². The van der Waals surface area contributed by atoms with E-state index in [2.05, 4.69) is 25.7 Å². The Labute approximate surface area is 112 Å². The summed E-state index contributed by atoms with van der Waals surface area (Å²) in [5, 5.41) is 18.8. The Morgan fingerprint density at radius 2 is 2.06 bits per heavy atom. The van der Waals surface area contributed by atoms with Crippen molar-refractivity contribution in [2.75, 3.05) is 0 Å². The summed E-state index contributed by atoms with van der Waals surface area (Å²) in [6.07, 6.45) is 3.43. The molecule has 3 aromatic rings. The Kier molecular flexibility index (Phi) is 2.73. The van der Waals surface area contributed by atoms with Gasteiger partial charge in [0.25, 0.3) is 0 Å². The zero-order chi connectivity index (χ0) is 12.5. The lowest BCUT2D eigenvalue weighted by molar-refractivity contribution is 0.880. The van der Waals surface area contributed by atoms with Gasteiger partial charge in [0, 0.05) is 6.20 Å². The summed E-state index contributed by atoms with van der Waals surface area (Å²) in [5.74, 6) is 0.487. The molecule has 6 nitrogen and oxygen atoms in total. The summed E-state index contributed by atoms with van der Waals surface area (Å²) in [5.41, 5.74) is 1.56. The number of hydrogen-bond acceptors (Lipinski definition) is 4. The molecule has 0 saturated carbocycles. The average Bonchev–Trinajstić information content (AvgIpc) is 3.01. The molecule has 8 heteroatoms. The van der Waals surface area contributed by atoms with Crippen molar-refractivity contribution in [3.8, 4) is 17.1 Å². The van der Waals surface area contributed by atoms with Gasteiger partial charge in [0.1, 0.15) is 0 Å². The number of hydrogen-bond donors (Lipinski definition) is 1. The quantitative estimate of drug-likeness (QED) is 0.782. The Balaban J connectivity index is 2.00. The van der Waals surface area contributed by atoms with Crippen LogP contribution in [0.4, 0.5) is 0 Å². The van der Waals surface area contributed by atoms with Crippen LogP contribution in [-0.2, 0) is 0 Å². The van der Waals surface area contributed by atoms with E-state index in [1.807, 2.05) is 6.07 Å². The molecule has 0 unspecified atom stereocenters. The van der Waals surface area contributed by atoms with Crippen LogP contribution in [0.1, 0.15) is 0 Å². The zero-order valence-electron chi connectivity index (χ0n) is 8.88. The number of aromatic nitrogens is 6. The topological polar surface area (TPSA) is 72.3 Å². The molecule has 0 aliphatic heterocycles. The number of aromatic amines is 1. The molecule has 0 aliphatic carbocycles. The molecule has 2 aromatic heterocycles. The third-order valence-electron chi connectivity index (χ3n) is 2.35. The summed E-state index contributed by atoms with van der Waals surface area (Å²) >= 11 is 11.8. The molecule has 0 aliphatic rings. The van der Waals surface area contributed by atoms with Crippen LogP contribution in [0.25, 0.3) is 17.1 Å². The fourth-order valence-corrected chi connectivity index (χ4v) is 1.78. The second kappa shape index (κ2) is 4.40. The van der Waals surface area contributed by atoms with Gasteiger partial charge in [0.05, 0.1) is 27.5 Å². The smallest absolute Gasteiger partial charge is 0.207 e. The number of nitrogens with one attached hydrogen (secondary N) is 1. The first-order chi connectivity index (χ1) is 8.74. The molecule has 18 heavy (non-hydrogen) atoms. The summed E-state index contributed by atoms with van der Waals surface area (Å²) in [6, 6.07) is 5.27. The molecule has 3 rings (SSSR count). The maximum atomic E-state index is 5.96. The fraction of sp³-hybridized carbons (Fsp3) is 0. The average molecular weight is 281 g/mol. The highest BCUT2D eigenvalue weighted by Gasteiger charge is 2.08. The van der Waals surface area contributed by atoms with Crippen LogP contribution in [0.5, 0.6) is 0 Å². The number of tetrazole rings is 1. The number of halogens is 2. The largest absolute Gasteiger partial charge is 0.240 e. The molecule has 90 valence electrons. The predicted octanol–water partition coefficient (Wildman–Crippen LogP) is 2.36. The van der Waals surface area contributed by atoms with E-state index in [1.54, 1.807) is 29.2 Å². The Morgan fingerprint density at radius 1 is 1.17 bits per heavy atom. The van der Waals surface area contributed by atoms with Crippen LogP contribution in [0.15, 0.2) is 30.6 Å². The number of H-pyrrole nitrogens is 1. The van der Waals surface area contributed by atoms with Gasteiger partial charge in [-0.15, -0.1) is 10.2 Å². The Bertz CT molecular complexity index is 676. The summed E-state index contributed by atoms with van der Waals surface area (Å²) in [4.78, 5) is 0. The van der Waals surface area contributed by atoms with Crippen LogP contribution >= 0.6 is 23.2 Å². The second-order valence-electron chi connectivity index (χ2n) is 3.51. The molecule has 2 heterocycles. The minimum Gasteiger partial charge on any atom is -0.240 e. The predicted molar refractivity (Wildman–Crippen MR) is 66.8 cm³/mol. The van der Waals surface area contributed by atoms with Crippen molar-refractivity contribution in [1.29, 1.82) is 0 Å². The summed E-state index contributed by atoms with van der Waals surface area (Å²) in [7, 11) is 0. The minimum atomic E-state index is 0.478. The van der Waals surface area contributed by atoms with Crippen molar-refractivity contribution in [2.45, 2.75) is 0 Å². The lowest BCUT2D eigenvalue weighted by Crippen LogP contribution is -1.93. The molecule has 0 bridgehead atoms. The summed E-state index contributed by atoms with van der Waals surface area (Å²) < 4.78 is 1.66. The first-order valence-corrected chi connectivity index (χ1v) is 5.73. The van der Waals surface area contributed by atoms with Crippen molar-refractivity contribution in [1.82, 2.24) is 30.4 Å². The van der Waals surface area contributed by atoms with Gasteiger partial charge in [-0.2, -0.15) is 10.3 Å². The third-order valence-corrected chi connectivity index (χ3v) is 3.09. The van der Waals surface area contributed by atoms with E-state index < -0.39 is 0 Å². The van der Waals surface area contributed by atoms with Crippen LogP contribution in [-0.4, -0.2) is 30.4 Å². The van der Waals surface area contributed by atoms with E-state index in [1.165, 1.54) is 0 Å². The van der Waals surface area contributed by atoms with Gasteiger partial charge in [0.15, 0.2) is 0 Å². The van der Waals surface area contributed by atoms with Gasteiger partial charge < -0.3 is 0 Å². The maximum Gasteiger partial charge on any atom is 0.207 e. The monoisotopic (exact) mass is 280 g/mol. The molecule has 0 radical (unpaired) electrons. The molecule has 0 atom stereocenters.